The summed E-state index contributed by atoms with van der Waals surface area (Å²) >= 11 is 6.49. The SMILES string of the molecule is Fc1ccc(C(Cl)C2(c3ccccc3)CC2)c(F)c1. The van der Waals surface area contributed by atoms with Crippen molar-refractivity contribution in [3.63, 3.8) is 0 Å². The van der Waals surface area contributed by atoms with Crippen LogP contribution in [0.5, 0.6) is 0 Å². The maximum absolute atomic E-state index is 13.9. The van der Waals surface area contributed by atoms with Gasteiger partial charge in [-0.15, -0.1) is 11.6 Å². The van der Waals surface area contributed by atoms with Crippen LogP contribution in [-0.4, -0.2) is 0 Å². The Morgan fingerprint density at radius 1 is 1.00 bits per heavy atom. The first-order valence-corrected chi connectivity index (χ1v) is 6.72. The first-order chi connectivity index (χ1) is 9.13. The summed E-state index contributed by atoms with van der Waals surface area (Å²) in [7, 11) is 0. The van der Waals surface area contributed by atoms with Gasteiger partial charge in [0.05, 0.1) is 5.38 Å². The van der Waals surface area contributed by atoms with Crippen molar-refractivity contribution in [2.45, 2.75) is 23.6 Å². The van der Waals surface area contributed by atoms with Gasteiger partial charge in [-0.05, 0) is 24.5 Å². The minimum Gasteiger partial charge on any atom is -0.207 e. The van der Waals surface area contributed by atoms with Gasteiger partial charge in [0.15, 0.2) is 0 Å². The number of hydrogen-bond donors (Lipinski definition) is 0. The molecule has 98 valence electrons. The molecule has 0 spiro atoms. The largest absolute Gasteiger partial charge is 0.207 e. The molecule has 1 unspecified atom stereocenters. The molecule has 0 N–H and O–H groups in total. The monoisotopic (exact) mass is 278 g/mol. The highest BCUT2D eigenvalue weighted by atomic mass is 35.5. The molecule has 2 aromatic carbocycles. The Morgan fingerprint density at radius 3 is 2.26 bits per heavy atom. The zero-order valence-electron chi connectivity index (χ0n) is 10.2. The summed E-state index contributed by atoms with van der Waals surface area (Å²) in [5, 5.41) is -0.463. The first kappa shape index (κ1) is 12.6. The molecule has 3 rings (SSSR count). The lowest BCUT2D eigenvalue weighted by Crippen LogP contribution is -2.15. The van der Waals surface area contributed by atoms with Crippen molar-refractivity contribution in [2.24, 2.45) is 0 Å². The van der Waals surface area contributed by atoms with E-state index in [0.29, 0.717) is 5.56 Å². The molecular formula is C16H13ClF2. The quantitative estimate of drug-likeness (QED) is 0.695. The molecular weight excluding hydrogens is 266 g/mol. The Balaban J connectivity index is 1.98. The van der Waals surface area contributed by atoms with E-state index in [1.54, 1.807) is 0 Å². The van der Waals surface area contributed by atoms with Gasteiger partial charge in [-0.1, -0.05) is 36.4 Å². The van der Waals surface area contributed by atoms with Gasteiger partial charge < -0.3 is 0 Å². The maximum atomic E-state index is 13.9. The predicted molar refractivity (Wildman–Crippen MR) is 72.3 cm³/mol. The van der Waals surface area contributed by atoms with Crippen LogP contribution < -0.4 is 0 Å². The zero-order valence-corrected chi connectivity index (χ0v) is 11.0. The van der Waals surface area contributed by atoms with Crippen LogP contribution >= 0.6 is 11.6 Å². The fourth-order valence-electron chi connectivity index (χ4n) is 2.60. The highest BCUT2D eigenvalue weighted by Gasteiger charge is 2.51. The minimum atomic E-state index is -0.574. The Hall–Kier alpha value is -1.41. The van der Waals surface area contributed by atoms with Gasteiger partial charge in [-0.25, -0.2) is 8.78 Å². The van der Waals surface area contributed by atoms with Crippen molar-refractivity contribution in [2.75, 3.05) is 0 Å². The molecule has 3 heteroatoms. The van der Waals surface area contributed by atoms with Crippen molar-refractivity contribution in [3.8, 4) is 0 Å². The van der Waals surface area contributed by atoms with Crippen molar-refractivity contribution in [1.29, 1.82) is 0 Å². The smallest absolute Gasteiger partial charge is 0.130 e. The summed E-state index contributed by atoms with van der Waals surface area (Å²) in [5.41, 5.74) is 1.30. The molecule has 0 heterocycles. The molecule has 0 saturated heterocycles. The molecule has 19 heavy (non-hydrogen) atoms. The van der Waals surface area contributed by atoms with E-state index in [1.165, 1.54) is 12.1 Å². The van der Waals surface area contributed by atoms with Crippen LogP contribution in [0.4, 0.5) is 8.78 Å². The standard InChI is InChI=1S/C16H13ClF2/c17-15(13-7-6-12(18)10-14(13)19)16(8-9-16)11-4-2-1-3-5-11/h1-7,10,15H,8-9H2. The summed E-state index contributed by atoms with van der Waals surface area (Å²) < 4.78 is 26.8. The zero-order chi connectivity index (χ0) is 13.5. The molecule has 0 aromatic heterocycles. The highest BCUT2D eigenvalue weighted by Crippen LogP contribution is 2.59. The number of alkyl halides is 1. The number of hydrogen-bond acceptors (Lipinski definition) is 0. The Bertz CT molecular complexity index is 591. The van der Waals surface area contributed by atoms with Gasteiger partial charge in [0.1, 0.15) is 11.6 Å². The lowest BCUT2D eigenvalue weighted by atomic mass is 9.88. The van der Waals surface area contributed by atoms with Crippen LogP contribution in [-0.2, 0) is 5.41 Å². The van der Waals surface area contributed by atoms with Gasteiger partial charge in [-0.3, -0.25) is 0 Å². The van der Waals surface area contributed by atoms with E-state index < -0.39 is 17.0 Å². The molecule has 2 aromatic rings. The van der Waals surface area contributed by atoms with Crippen molar-refractivity contribution >= 4 is 11.6 Å². The second-order valence-electron chi connectivity index (χ2n) is 5.05. The lowest BCUT2D eigenvalue weighted by Gasteiger charge is -2.23. The van der Waals surface area contributed by atoms with Gasteiger partial charge in [0.2, 0.25) is 0 Å². The van der Waals surface area contributed by atoms with Crippen LogP contribution in [0.25, 0.3) is 0 Å². The molecule has 1 aliphatic carbocycles. The predicted octanol–water partition coefficient (Wildman–Crippen LogP) is 4.98. The lowest BCUT2D eigenvalue weighted by molar-refractivity contribution is 0.552. The van der Waals surface area contributed by atoms with Crippen molar-refractivity contribution in [1.82, 2.24) is 0 Å². The fourth-order valence-corrected chi connectivity index (χ4v) is 3.12. The molecule has 0 nitrogen and oxygen atoms in total. The number of benzene rings is 2. The second-order valence-corrected chi connectivity index (χ2v) is 5.49. The third kappa shape index (κ3) is 2.14. The molecule has 1 atom stereocenters. The van der Waals surface area contributed by atoms with E-state index in [0.717, 1.165) is 24.5 Å². The van der Waals surface area contributed by atoms with Crippen LogP contribution in [0.3, 0.4) is 0 Å². The van der Waals surface area contributed by atoms with E-state index in [4.69, 9.17) is 11.6 Å². The summed E-state index contributed by atoms with van der Waals surface area (Å²) in [6.45, 7) is 0. The van der Waals surface area contributed by atoms with Gasteiger partial charge in [-0.2, -0.15) is 0 Å². The summed E-state index contributed by atoms with van der Waals surface area (Å²) in [6, 6.07) is 13.5. The number of rotatable bonds is 3. The van der Waals surface area contributed by atoms with Gasteiger partial charge in [0.25, 0.3) is 0 Å². The Labute approximate surface area is 116 Å². The van der Waals surface area contributed by atoms with Crippen LogP contribution in [0, 0.1) is 11.6 Å². The first-order valence-electron chi connectivity index (χ1n) is 6.28. The van der Waals surface area contributed by atoms with Gasteiger partial charge in [0, 0.05) is 17.0 Å². The Morgan fingerprint density at radius 2 is 1.68 bits per heavy atom. The third-order valence-electron chi connectivity index (χ3n) is 3.86. The second kappa shape index (κ2) is 4.61. The van der Waals surface area contributed by atoms with E-state index in [-0.39, 0.29) is 5.41 Å². The topological polar surface area (TPSA) is 0 Å². The maximum Gasteiger partial charge on any atom is 0.130 e. The van der Waals surface area contributed by atoms with Gasteiger partial charge >= 0.3 is 0 Å². The van der Waals surface area contributed by atoms with E-state index in [9.17, 15) is 8.78 Å². The van der Waals surface area contributed by atoms with E-state index in [1.807, 2.05) is 30.3 Å². The highest BCUT2D eigenvalue weighted by molar-refractivity contribution is 6.22. The summed E-state index contributed by atoms with van der Waals surface area (Å²) in [4.78, 5) is 0. The molecule has 0 radical (unpaired) electrons. The van der Waals surface area contributed by atoms with Crippen molar-refractivity contribution < 1.29 is 8.78 Å². The van der Waals surface area contributed by atoms with E-state index in [2.05, 4.69) is 0 Å². The van der Waals surface area contributed by atoms with Crippen LogP contribution in [0.15, 0.2) is 48.5 Å². The molecule has 0 amide bonds. The van der Waals surface area contributed by atoms with Crippen LogP contribution in [0.1, 0.15) is 29.3 Å². The minimum absolute atomic E-state index is 0.207. The average molecular weight is 279 g/mol. The Kier molecular flexibility index (Phi) is 3.06. The average Bonchev–Trinajstić information content (AvgIpc) is 3.20. The number of halogens is 3. The summed E-state index contributed by atoms with van der Waals surface area (Å²) in [5.74, 6) is -1.14. The third-order valence-corrected chi connectivity index (χ3v) is 4.51. The molecule has 0 aliphatic heterocycles. The van der Waals surface area contributed by atoms with Crippen LogP contribution in [0.2, 0.25) is 0 Å². The molecule has 1 fully saturated rings. The van der Waals surface area contributed by atoms with E-state index >= 15 is 0 Å². The van der Waals surface area contributed by atoms with Crippen molar-refractivity contribution in [3.05, 3.63) is 71.3 Å². The molecule has 1 aliphatic rings. The fraction of sp³-hybridized carbons (Fsp3) is 0.250. The molecule has 1 saturated carbocycles. The summed E-state index contributed by atoms with van der Waals surface area (Å²) in [6.07, 6.45) is 1.87. The normalized spacial score (nSPS) is 18.1. The molecule has 0 bridgehead atoms.